The summed E-state index contributed by atoms with van der Waals surface area (Å²) in [5, 5.41) is 0. The first-order valence-corrected chi connectivity index (χ1v) is 6.15. The molecule has 0 aromatic heterocycles. The summed E-state index contributed by atoms with van der Waals surface area (Å²) in [6.45, 7) is 1.79. The Morgan fingerprint density at radius 1 is 1.20 bits per heavy atom. The lowest BCUT2D eigenvalue weighted by Gasteiger charge is -2.20. The first-order chi connectivity index (χ1) is 6.93. The normalized spacial score (nSPS) is 14.1. The summed E-state index contributed by atoms with van der Waals surface area (Å²) in [5.41, 5.74) is 0. The van der Waals surface area contributed by atoms with Gasteiger partial charge in [0, 0.05) is 0 Å². The van der Waals surface area contributed by atoms with Crippen LogP contribution >= 0.6 is 0 Å². The van der Waals surface area contributed by atoms with Crippen LogP contribution in [0.25, 0.3) is 0 Å². The monoisotopic (exact) mass is 228 g/mol. The van der Waals surface area contributed by atoms with Crippen LogP contribution in [0.2, 0.25) is 0 Å². The molecule has 84 valence electrons. The van der Waals surface area contributed by atoms with Crippen molar-refractivity contribution in [2.45, 2.75) is 18.0 Å². The Balaban J connectivity index is 2.86. The molecule has 15 heavy (non-hydrogen) atoms. The van der Waals surface area contributed by atoms with Crippen molar-refractivity contribution in [3.8, 4) is 0 Å². The van der Waals surface area contributed by atoms with Crippen LogP contribution in [0, 0.1) is 0 Å². The number of nitrogens with zero attached hydrogens (tertiary/aromatic N) is 1. The molecular weight excluding hydrogens is 212 g/mol. The number of sulfonamides is 1. The van der Waals surface area contributed by atoms with Gasteiger partial charge in [-0.15, -0.1) is 0 Å². The molecule has 1 atom stereocenters. The zero-order valence-electron chi connectivity index (χ0n) is 9.14. The molecule has 0 heterocycles. The number of hydrogen-bond acceptors (Lipinski definition) is 3. The maximum Gasteiger partial charge on any atom is 0.241 e. The molecule has 0 spiro atoms. The third-order valence-corrected chi connectivity index (χ3v) is 3.70. The van der Waals surface area contributed by atoms with Gasteiger partial charge in [0.2, 0.25) is 10.0 Å². The van der Waals surface area contributed by atoms with Crippen LogP contribution in [0.5, 0.6) is 0 Å². The van der Waals surface area contributed by atoms with Gasteiger partial charge in [-0.1, -0.05) is 18.2 Å². The Morgan fingerprint density at radius 3 is 2.20 bits per heavy atom. The van der Waals surface area contributed by atoms with Crippen molar-refractivity contribution in [1.29, 1.82) is 0 Å². The fraction of sp³-hybridized carbons (Fsp3) is 0.400. The SMILES string of the molecule is CC(NS(=O)(=O)c1ccccc1)N(C)C. The molecular formula is C10H16N2O2S. The van der Waals surface area contributed by atoms with E-state index in [2.05, 4.69) is 4.72 Å². The molecule has 0 saturated heterocycles. The van der Waals surface area contributed by atoms with Crippen molar-refractivity contribution >= 4 is 10.0 Å². The third kappa shape index (κ3) is 3.30. The molecule has 1 N–H and O–H groups in total. The van der Waals surface area contributed by atoms with Crippen molar-refractivity contribution in [2.24, 2.45) is 0 Å². The quantitative estimate of drug-likeness (QED) is 0.778. The predicted octanol–water partition coefficient (Wildman–Crippen LogP) is 0.873. The maximum atomic E-state index is 11.8. The second-order valence-electron chi connectivity index (χ2n) is 3.57. The molecule has 1 aromatic rings. The number of hydrogen-bond donors (Lipinski definition) is 1. The molecule has 1 rings (SSSR count). The van der Waals surface area contributed by atoms with Gasteiger partial charge in [-0.2, -0.15) is 4.72 Å². The highest BCUT2D eigenvalue weighted by Crippen LogP contribution is 2.08. The molecule has 0 bridgehead atoms. The lowest BCUT2D eigenvalue weighted by atomic mass is 10.4. The molecule has 0 radical (unpaired) electrons. The largest absolute Gasteiger partial charge is 0.294 e. The van der Waals surface area contributed by atoms with Crippen LogP contribution in [-0.2, 0) is 10.0 Å². The highest BCUT2D eigenvalue weighted by atomic mass is 32.2. The highest BCUT2D eigenvalue weighted by molar-refractivity contribution is 7.89. The molecule has 1 unspecified atom stereocenters. The summed E-state index contributed by atoms with van der Waals surface area (Å²) in [5.74, 6) is 0. The van der Waals surface area contributed by atoms with Crippen LogP contribution in [0.1, 0.15) is 6.92 Å². The van der Waals surface area contributed by atoms with E-state index in [1.807, 2.05) is 14.1 Å². The number of nitrogens with one attached hydrogen (secondary N) is 1. The van der Waals surface area contributed by atoms with Gasteiger partial charge in [0.25, 0.3) is 0 Å². The number of benzene rings is 1. The zero-order valence-corrected chi connectivity index (χ0v) is 9.95. The lowest BCUT2D eigenvalue weighted by molar-refractivity contribution is 0.298. The minimum absolute atomic E-state index is 0.227. The van der Waals surface area contributed by atoms with Gasteiger partial charge in [-0.05, 0) is 33.2 Å². The molecule has 4 nitrogen and oxygen atoms in total. The average molecular weight is 228 g/mol. The van der Waals surface area contributed by atoms with E-state index in [-0.39, 0.29) is 6.17 Å². The van der Waals surface area contributed by atoms with Gasteiger partial charge in [-0.3, -0.25) is 4.90 Å². The molecule has 0 aliphatic rings. The minimum Gasteiger partial charge on any atom is -0.294 e. The van der Waals surface area contributed by atoms with E-state index in [0.29, 0.717) is 4.90 Å². The first-order valence-electron chi connectivity index (χ1n) is 4.67. The van der Waals surface area contributed by atoms with Gasteiger partial charge in [0.1, 0.15) is 0 Å². The molecule has 1 aromatic carbocycles. The fourth-order valence-corrected chi connectivity index (χ4v) is 2.31. The summed E-state index contributed by atoms with van der Waals surface area (Å²) < 4.78 is 26.2. The second-order valence-corrected chi connectivity index (χ2v) is 5.29. The van der Waals surface area contributed by atoms with E-state index in [1.165, 1.54) is 0 Å². The van der Waals surface area contributed by atoms with E-state index in [0.717, 1.165) is 0 Å². The predicted molar refractivity (Wildman–Crippen MR) is 59.9 cm³/mol. The maximum absolute atomic E-state index is 11.8. The third-order valence-electron chi connectivity index (χ3n) is 2.15. The van der Waals surface area contributed by atoms with Crippen molar-refractivity contribution in [2.75, 3.05) is 14.1 Å². The molecule has 0 aliphatic heterocycles. The average Bonchev–Trinajstić information content (AvgIpc) is 2.18. The number of rotatable bonds is 4. The summed E-state index contributed by atoms with van der Waals surface area (Å²) in [6.07, 6.45) is -0.227. The Labute approximate surface area is 91.0 Å². The molecule has 0 saturated carbocycles. The van der Waals surface area contributed by atoms with Gasteiger partial charge in [-0.25, -0.2) is 8.42 Å². The van der Waals surface area contributed by atoms with Gasteiger partial charge in [0.05, 0.1) is 11.1 Å². The lowest BCUT2D eigenvalue weighted by Crippen LogP contribution is -2.42. The van der Waals surface area contributed by atoms with E-state index in [9.17, 15) is 8.42 Å². The van der Waals surface area contributed by atoms with Crippen LogP contribution in [-0.4, -0.2) is 33.6 Å². The van der Waals surface area contributed by atoms with Crippen LogP contribution < -0.4 is 4.72 Å². The first kappa shape index (κ1) is 12.2. The van der Waals surface area contributed by atoms with Crippen molar-refractivity contribution in [1.82, 2.24) is 9.62 Å². The smallest absolute Gasteiger partial charge is 0.241 e. The molecule has 0 fully saturated rings. The van der Waals surface area contributed by atoms with Crippen molar-refractivity contribution in [3.05, 3.63) is 30.3 Å². The molecule has 5 heteroatoms. The topological polar surface area (TPSA) is 49.4 Å². The Hall–Kier alpha value is -0.910. The van der Waals surface area contributed by atoms with E-state index in [4.69, 9.17) is 0 Å². The highest BCUT2D eigenvalue weighted by Gasteiger charge is 2.17. The van der Waals surface area contributed by atoms with E-state index in [1.54, 1.807) is 42.2 Å². The van der Waals surface area contributed by atoms with Gasteiger partial charge in [0.15, 0.2) is 0 Å². The van der Waals surface area contributed by atoms with E-state index >= 15 is 0 Å². The van der Waals surface area contributed by atoms with Crippen LogP contribution in [0.3, 0.4) is 0 Å². The van der Waals surface area contributed by atoms with Crippen molar-refractivity contribution < 1.29 is 8.42 Å². The Morgan fingerprint density at radius 2 is 1.73 bits per heavy atom. The standard InChI is InChI=1S/C10H16N2O2S/c1-9(12(2)3)11-15(13,14)10-7-5-4-6-8-10/h4-9,11H,1-3H3. The molecule has 0 amide bonds. The van der Waals surface area contributed by atoms with Crippen molar-refractivity contribution in [3.63, 3.8) is 0 Å². The zero-order chi connectivity index (χ0) is 11.5. The molecule has 0 aliphatic carbocycles. The Bertz CT molecular complexity index is 401. The minimum atomic E-state index is -3.40. The summed E-state index contributed by atoms with van der Waals surface area (Å²) in [6, 6.07) is 8.34. The van der Waals surface area contributed by atoms with Crippen LogP contribution in [0.15, 0.2) is 35.2 Å². The van der Waals surface area contributed by atoms with Gasteiger partial charge >= 0.3 is 0 Å². The summed E-state index contributed by atoms with van der Waals surface area (Å²) in [7, 11) is 0.239. The van der Waals surface area contributed by atoms with Crippen LogP contribution in [0.4, 0.5) is 0 Å². The fourth-order valence-electron chi connectivity index (χ4n) is 0.998. The van der Waals surface area contributed by atoms with E-state index < -0.39 is 10.0 Å². The summed E-state index contributed by atoms with van der Waals surface area (Å²) >= 11 is 0. The summed E-state index contributed by atoms with van der Waals surface area (Å²) in [4.78, 5) is 2.08. The Kier molecular flexibility index (Phi) is 3.84. The van der Waals surface area contributed by atoms with Gasteiger partial charge < -0.3 is 0 Å². The second kappa shape index (κ2) is 4.74.